The van der Waals surface area contributed by atoms with E-state index in [4.69, 9.17) is 0 Å². The van der Waals surface area contributed by atoms with E-state index in [0.29, 0.717) is 11.4 Å². The average Bonchev–Trinajstić information content (AvgIpc) is 3.28. The number of likely N-dealkylation sites (tertiary alicyclic amines) is 1. The molecule has 1 aliphatic heterocycles. The number of hydrogen-bond acceptors (Lipinski definition) is 3. The second-order valence-electron chi connectivity index (χ2n) is 8.97. The maximum Gasteiger partial charge on any atom is 0.277 e. The molecule has 168 valence electrons. The molecule has 0 aliphatic carbocycles. The SMILES string of the molecule is Cc1ccc(-c2cc3c(=O)n(CC(=O)N4CCC(Cc5ccccc5)CC4)ccn3n2)cc1. The van der Waals surface area contributed by atoms with Crippen LogP contribution in [0, 0.1) is 12.8 Å². The Morgan fingerprint density at radius 1 is 1.00 bits per heavy atom. The Kier molecular flexibility index (Phi) is 5.82. The third-order valence-electron chi connectivity index (χ3n) is 6.59. The topological polar surface area (TPSA) is 59.6 Å². The average molecular weight is 441 g/mol. The van der Waals surface area contributed by atoms with E-state index < -0.39 is 0 Å². The van der Waals surface area contributed by atoms with Crippen LogP contribution in [0.1, 0.15) is 24.0 Å². The molecule has 3 heterocycles. The van der Waals surface area contributed by atoms with Crippen molar-refractivity contribution in [1.29, 1.82) is 0 Å². The lowest BCUT2D eigenvalue weighted by atomic mass is 9.90. The molecule has 0 bridgehead atoms. The molecule has 0 saturated carbocycles. The van der Waals surface area contributed by atoms with Crippen LogP contribution in [-0.4, -0.2) is 38.1 Å². The van der Waals surface area contributed by atoms with Gasteiger partial charge in [0.25, 0.3) is 5.56 Å². The van der Waals surface area contributed by atoms with Crippen LogP contribution in [0.2, 0.25) is 0 Å². The first-order valence-corrected chi connectivity index (χ1v) is 11.5. The molecule has 0 atom stereocenters. The van der Waals surface area contributed by atoms with Crippen LogP contribution in [0.5, 0.6) is 0 Å². The van der Waals surface area contributed by atoms with E-state index in [2.05, 4.69) is 29.4 Å². The molecular formula is C27H28N4O2. The van der Waals surface area contributed by atoms with Crippen molar-refractivity contribution < 1.29 is 4.79 Å². The van der Waals surface area contributed by atoms with Gasteiger partial charge in [-0.1, -0.05) is 60.2 Å². The van der Waals surface area contributed by atoms with Crippen LogP contribution in [0.25, 0.3) is 16.8 Å². The molecule has 0 N–H and O–H groups in total. The summed E-state index contributed by atoms with van der Waals surface area (Å²) in [6.07, 6.45) is 6.45. The molecular weight excluding hydrogens is 412 g/mol. The van der Waals surface area contributed by atoms with Crippen molar-refractivity contribution in [2.24, 2.45) is 5.92 Å². The third kappa shape index (κ3) is 4.60. The fourth-order valence-electron chi connectivity index (χ4n) is 4.60. The van der Waals surface area contributed by atoms with E-state index in [-0.39, 0.29) is 18.0 Å². The summed E-state index contributed by atoms with van der Waals surface area (Å²) in [5.41, 5.74) is 4.51. The van der Waals surface area contributed by atoms with E-state index in [1.54, 1.807) is 23.0 Å². The number of hydrogen-bond donors (Lipinski definition) is 0. The van der Waals surface area contributed by atoms with Crippen molar-refractivity contribution in [3.63, 3.8) is 0 Å². The maximum atomic E-state index is 13.0. The van der Waals surface area contributed by atoms with Crippen LogP contribution in [-0.2, 0) is 17.8 Å². The fourth-order valence-corrected chi connectivity index (χ4v) is 4.60. The van der Waals surface area contributed by atoms with Gasteiger partial charge < -0.3 is 9.47 Å². The Bertz CT molecular complexity index is 1310. The molecule has 6 nitrogen and oxygen atoms in total. The second-order valence-corrected chi connectivity index (χ2v) is 8.97. The second kappa shape index (κ2) is 9.06. The van der Waals surface area contributed by atoms with Gasteiger partial charge in [0.1, 0.15) is 12.1 Å². The fraction of sp³-hybridized carbons (Fsp3) is 0.296. The maximum absolute atomic E-state index is 13.0. The summed E-state index contributed by atoms with van der Waals surface area (Å²) < 4.78 is 3.09. The molecule has 5 rings (SSSR count). The Balaban J connectivity index is 1.25. The van der Waals surface area contributed by atoms with Crippen molar-refractivity contribution in [1.82, 2.24) is 19.1 Å². The monoisotopic (exact) mass is 440 g/mol. The molecule has 0 unspecified atom stereocenters. The molecule has 33 heavy (non-hydrogen) atoms. The Morgan fingerprint density at radius 3 is 2.45 bits per heavy atom. The predicted molar refractivity (Wildman–Crippen MR) is 129 cm³/mol. The Hall–Kier alpha value is -3.67. The first-order chi connectivity index (χ1) is 16.1. The summed E-state index contributed by atoms with van der Waals surface area (Å²) in [6.45, 7) is 3.59. The summed E-state index contributed by atoms with van der Waals surface area (Å²) >= 11 is 0. The van der Waals surface area contributed by atoms with Gasteiger partial charge in [-0.3, -0.25) is 9.59 Å². The van der Waals surface area contributed by atoms with Gasteiger partial charge >= 0.3 is 0 Å². The van der Waals surface area contributed by atoms with Gasteiger partial charge in [0.2, 0.25) is 5.91 Å². The van der Waals surface area contributed by atoms with Gasteiger partial charge in [0.15, 0.2) is 0 Å². The zero-order valence-corrected chi connectivity index (χ0v) is 18.9. The molecule has 0 spiro atoms. The first-order valence-electron chi connectivity index (χ1n) is 11.5. The highest BCUT2D eigenvalue weighted by Crippen LogP contribution is 2.22. The van der Waals surface area contributed by atoms with E-state index in [1.165, 1.54) is 15.7 Å². The van der Waals surface area contributed by atoms with Crippen LogP contribution >= 0.6 is 0 Å². The van der Waals surface area contributed by atoms with Crippen molar-refractivity contribution in [3.8, 4) is 11.3 Å². The van der Waals surface area contributed by atoms with Crippen molar-refractivity contribution in [2.75, 3.05) is 13.1 Å². The van der Waals surface area contributed by atoms with Crippen LogP contribution in [0.15, 0.2) is 77.9 Å². The predicted octanol–water partition coefficient (Wildman–Crippen LogP) is 3.95. The van der Waals surface area contributed by atoms with Crippen molar-refractivity contribution in [3.05, 3.63) is 94.5 Å². The number of rotatable bonds is 5. The van der Waals surface area contributed by atoms with Crippen LogP contribution in [0.3, 0.4) is 0 Å². The standard InChI is InChI=1S/C27H28N4O2/c1-20-7-9-23(10-8-20)24-18-25-27(33)30(15-16-31(25)28-24)19-26(32)29-13-11-22(12-14-29)17-21-5-3-2-4-6-21/h2-10,15-16,18,22H,11-14,17,19H2,1H3. The molecule has 1 aliphatic rings. The largest absolute Gasteiger partial charge is 0.341 e. The number of carbonyl (C=O) groups is 1. The molecule has 1 saturated heterocycles. The number of nitrogens with zero attached hydrogens (tertiary/aromatic N) is 4. The summed E-state index contributed by atoms with van der Waals surface area (Å²) in [5.74, 6) is 0.598. The number of fused-ring (bicyclic) bond motifs is 1. The smallest absolute Gasteiger partial charge is 0.277 e. The van der Waals surface area contributed by atoms with Gasteiger partial charge in [-0.2, -0.15) is 5.10 Å². The lowest BCUT2D eigenvalue weighted by Gasteiger charge is -2.32. The molecule has 0 radical (unpaired) electrons. The minimum absolute atomic E-state index is 0.00196. The van der Waals surface area contributed by atoms with Crippen molar-refractivity contribution >= 4 is 11.4 Å². The normalized spacial score (nSPS) is 14.6. The van der Waals surface area contributed by atoms with E-state index in [1.807, 2.05) is 42.2 Å². The summed E-state index contributed by atoms with van der Waals surface area (Å²) in [4.78, 5) is 27.9. The van der Waals surface area contributed by atoms with Crippen molar-refractivity contribution in [2.45, 2.75) is 32.7 Å². The highest BCUT2D eigenvalue weighted by atomic mass is 16.2. The molecule has 6 heteroatoms. The lowest BCUT2D eigenvalue weighted by molar-refractivity contribution is -0.133. The zero-order chi connectivity index (χ0) is 22.8. The zero-order valence-electron chi connectivity index (χ0n) is 18.9. The van der Waals surface area contributed by atoms with Gasteiger partial charge in [0.05, 0.1) is 5.69 Å². The molecule has 1 fully saturated rings. The summed E-state index contributed by atoms with van der Waals surface area (Å²) in [7, 11) is 0. The van der Waals surface area contributed by atoms with Gasteiger partial charge in [-0.15, -0.1) is 0 Å². The molecule has 2 aromatic carbocycles. The highest BCUT2D eigenvalue weighted by Gasteiger charge is 2.23. The number of piperidine rings is 1. The van der Waals surface area contributed by atoms with E-state index in [9.17, 15) is 9.59 Å². The van der Waals surface area contributed by atoms with Crippen LogP contribution in [0.4, 0.5) is 0 Å². The quantitative estimate of drug-likeness (QED) is 0.472. The Labute approximate surface area is 193 Å². The van der Waals surface area contributed by atoms with E-state index in [0.717, 1.165) is 43.6 Å². The number of amides is 1. The van der Waals surface area contributed by atoms with Gasteiger partial charge in [-0.05, 0) is 43.7 Å². The van der Waals surface area contributed by atoms with E-state index >= 15 is 0 Å². The summed E-state index contributed by atoms with van der Waals surface area (Å²) in [5, 5.41) is 4.53. The minimum atomic E-state index is -0.198. The number of carbonyl (C=O) groups excluding carboxylic acids is 1. The number of benzene rings is 2. The van der Waals surface area contributed by atoms with Gasteiger partial charge in [0, 0.05) is 31.0 Å². The highest BCUT2D eigenvalue weighted by molar-refractivity contribution is 5.76. The van der Waals surface area contributed by atoms with Crippen LogP contribution < -0.4 is 5.56 Å². The van der Waals surface area contributed by atoms with Gasteiger partial charge in [-0.25, -0.2) is 4.52 Å². The molecule has 1 amide bonds. The minimum Gasteiger partial charge on any atom is -0.341 e. The Morgan fingerprint density at radius 2 is 1.73 bits per heavy atom. The first kappa shape index (κ1) is 21.2. The molecule has 2 aromatic heterocycles. The number of aryl methyl sites for hydroxylation is 1. The molecule has 4 aromatic rings. The lowest BCUT2D eigenvalue weighted by Crippen LogP contribution is -2.42. The summed E-state index contributed by atoms with van der Waals surface area (Å²) in [6, 6.07) is 20.4. The third-order valence-corrected chi connectivity index (χ3v) is 6.59. The number of aromatic nitrogens is 3.